The highest BCUT2D eigenvalue weighted by Gasteiger charge is 2.31. The predicted octanol–water partition coefficient (Wildman–Crippen LogP) is 4.73. The molecule has 1 aliphatic rings. The van der Waals surface area contributed by atoms with Crippen LogP contribution in [0.5, 0.6) is 0 Å². The molecule has 1 nitrogen and oxygen atoms in total. The zero-order valence-electron chi connectivity index (χ0n) is 11.9. The zero-order valence-corrected chi connectivity index (χ0v) is 14.3. The summed E-state index contributed by atoms with van der Waals surface area (Å²) in [6, 6.07) is 6.86. The Kier molecular flexibility index (Phi) is 5.79. The van der Waals surface area contributed by atoms with Gasteiger partial charge >= 0.3 is 0 Å². The fourth-order valence-corrected chi connectivity index (χ4v) is 5.01. The number of hydrogen-bond donors (Lipinski definition) is 0. The summed E-state index contributed by atoms with van der Waals surface area (Å²) in [5.74, 6) is 2.35. The monoisotopic (exact) mass is 342 g/mol. The van der Waals surface area contributed by atoms with Gasteiger partial charge in [0, 0.05) is 30.0 Å². The second-order valence-corrected chi connectivity index (χ2v) is 7.28. The summed E-state index contributed by atoms with van der Waals surface area (Å²) in [5.41, 5.74) is 4.65. The third-order valence-electron chi connectivity index (χ3n) is 3.80. The molecule has 106 valence electrons. The topological polar surface area (TPSA) is 9.23 Å². The Bertz CT molecular complexity index is 393. The first-order chi connectivity index (χ1) is 9.13. The van der Waals surface area contributed by atoms with Crippen LogP contribution in [0.4, 0.5) is 0 Å². The number of alkyl halides is 1. The highest BCUT2D eigenvalue weighted by Crippen LogP contribution is 2.36. The van der Waals surface area contributed by atoms with Crippen LogP contribution >= 0.6 is 27.7 Å². The molecule has 1 aromatic carbocycles. The molecule has 19 heavy (non-hydrogen) atoms. The fraction of sp³-hybridized carbons (Fsp3) is 0.625. The molecule has 0 spiro atoms. The van der Waals surface area contributed by atoms with Crippen LogP contribution in [-0.4, -0.2) is 24.3 Å². The molecule has 1 fully saturated rings. The minimum absolute atomic E-state index is 0.446. The quantitative estimate of drug-likeness (QED) is 0.715. The van der Waals surface area contributed by atoms with E-state index in [1.807, 2.05) is 0 Å². The van der Waals surface area contributed by atoms with Crippen LogP contribution in [0.25, 0.3) is 0 Å². The Hall–Kier alpha value is 0.01000. The lowest BCUT2D eigenvalue weighted by molar-refractivity contribution is 0.0374. The second-order valence-electron chi connectivity index (χ2n) is 5.73. The Labute approximate surface area is 129 Å². The molecule has 0 aromatic heterocycles. The summed E-state index contributed by atoms with van der Waals surface area (Å²) >= 11 is 5.78. The first kappa shape index (κ1) is 15.4. The van der Waals surface area contributed by atoms with Gasteiger partial charge in [-0.2, -0.15) is 11.8 Å². The SMILES string of the molecule is Cc1cc(C)cc(CSCC2(CBr)CCOCC2)c1. The summed E-state index contributed by atoms with van der Waals surface area (Å²) < 4.78 is 5.49. The van der Waals surface area contributed by atoms with Gasteiger partial charge in [0.15, 0.2) is 0 Å². The molecule has 2 rings (SSSR count). The van der Waals surface area contributed by atoms with Crippen molar-refractivity contribution in [2.75, 3.05) is 24.3 Å². The molecule has 1 heterocycles. The molecule has 0 unspecified atom stereocenters. The molecule has 0 radical (unpaired) electrons. The van der Waals surface area contributed by atoms with Gasteiger partial charge in [0.05, 0.1) is 0 Å². The van der Waals surface area contributed by atoms with Gasteiger partial charge in [-0.05, 0) is 37.7 Å². The van der Waals surface area contributed by atoms with Crippen LogP contribution < -0.4 is 0 Å². The van der Waals surface area contributed by atoms with Crippen molar-refractivity contribution in [3.05, 3.63) is 34.9 Å². The van der Waals surface area contributed by atoms with Crippen molar-refractivity contribution in [1.29, 1.82) is 0 Å². The maximum Gasteiger partial charge on any atom is 0.0471 e. The molecular weight excluding hydrogens is 320 g/mol. The molecule has 0 bridgehead atoms. The van der Waals surface area contributed by atoms with E-state index >= 15 is 0 Å². The summed E-state index contributed by atoms with van der Waals surface area (Å²) in [4.78, 5) is 0. The molecule has 1 aliphatic heterocycles. The number of rotatable bonds is 5. The van der Waals surface area contributed by atoms with Gasteiger partial charge in [-0.25, -0.2) is 0 Å². The number of hydrogen-bond acceptors (Lipinski definition) is 2. The van der Waals surface area contributed by atoms with Crippen molar-refractivity contribution < 1.29 is 4.74 Å². The second kappa shape index (κ2) is 7.14. The highest BCUT2D eigenvalue weighted by atomic mass is 79.9. The van der Waals surface area contributed by atoms with Crippen molar-refractivity contribution in [2.24, 2.45) is 5.41 Å². The number of aryl methyl sites for hydroxylation is 2. The van der Waals surface area contributed by atoms with Gasteiger partial charge in [-0.1, -0.05) is 45.3 Å². The van der Waals surface area contributed by atoms with Gasteiger partial charge in [-0.3, -0.25) is 0 Å². The number of benzene rings is 1. The van der Waals surface area contributed by atoms with Gasteiger partial charge < -0.3 is 4.74 Å². The van der Waals surface area contributed by atoms with E-state index in [1.54, 1.807) is 0 Å². The van der Waals surface area contributed by atoms with Gasteiger partial charge in [0.1, 0.15) is 0 Å². The van der Waals surface area contributed by atoms with E-state index in [0.29, 0.717) is 5.41 Å². The first-order valence-corrected chi connectivity index (χ1v) is 9.20. The lowest BCUT2D eigenvalue weighted by Crippen LogP contribution is -2.33. The van der Waals surface area contributed by atoms with Crippen molar-refractivity contribution >= 4 is 27.7 Å². The summed E-state index contributed by atoms with van der Waals surface area (Å²) in [7, 11) is 0. The smallest absolute Gasteiger partial charge is 0.0471 e. The average Bonchev–Trinajstić information content (AvgIpc) is 2.39. The molecule has 0 saturated carbocycles. The van der Waals surface area contributed by atoms with Crippen LogP contribution in [0.1, 0.15) is 29.5 Å². The predicted molar refractivity (Wildman–Crippen MR) is 88.4 cm³/mol. The van der Waals surface area contributed by atoms with E-state index < -0.39 is 0 Å². The molecule has 1 saturated heterocycles. The van der Waals surface area contributed by atoms with E-state index in [0.717, 1.165) is 24.3 Å². The Morgan fingerprint density at radius 3 is 2.37 bits per heavy atom. The molecule has 0 N–H and O–H groups in total. The minimum Gasteiger partial charge on any atom is -0.381 e. The normalized spacial score (nSPS) is 18.5. The van der Waals surface area contributed by atoms with Crippen molar-refractivity contribution in [2.45, 2.75) is 32.4 Å². The number of ether oxygens (including phenoxy) is 1. The third kappa shape index (κ3) is 4.51. The lowest BCUT2D eigenvalue weighted by Gasteiger charge is -2.35. The standard InChI is InChI=1S/C16H23BrOS/c1-13-7-14(2)9-15(8-13)10-19-12-16(11-17)3-5-18-6-4-16/h7-9H,3-6,10-12H2,1-2H3. The third-order valence-corrected chi connectivity index (χ3v) is 6.34. The highest BCUT2D eigenvalue weighted by molar-refractivity contribution is 9.09. The minimum atomic E-state index is 0.446. The largest absolute Gasteiger partial charge is 0.381 e. The Balaban J connectivity index is 1.88. The van der Waals surface area contributed by atoms with Crippen LogP contribution in [0.3, 0.4) is 0 Å². The van der Waals surface area contributed by atoms with Gasteiger partial charge in [-0.15, -0.1) is 0 Å². The van der Waals surface area contributed by atoms with E-state index in [2.05, 4.69) is 59.7 Å². The molecule has 0 amide bonds. The maximum absolute atomic E-state index is 5.49. The van der Waals surface area contributed by atoms with E-state index in [4.69, 9.17) is 4.74 Å². The Morgan fingerprint density at radius 1 is 1.16 bits per heavy atom. The molecular formula is C16H23BrOS. The van der Waals surface area contributed by atoms with Gasteiger partial charge in [0.25, 0.3) is 0 Å². The van der Waals surface area contributed by atoms with Crippen LogP contribution in [0.15, 0.2) is 18.2 Å². The average molecular weight is 343 g/mol. The zero-order chi connectivity index (χ0) is 13.7. The molecule has 3 heteroatoms. The summed E-state index contributed by atoms with van der Waals surface area (Å²) in [6.07, 6.45) is 2.39. The lowest BCUT2D eigenvalue weighted by atomic mass is 9.85. The van der Waals surface area contributed by atoms with Gasteiger partial charge in [0.2, 0.25) is 0 Å². The van der Waals surface area contributed by atoms with E-state index in [-0.39, 0.29) is 0 Å². The molecule has 0 atom stereocenters. The summed E-state index contributed by atoms with van der Waals surface area (Å²) in [6.45, 7) is 6.21. The first-order valence-electron chi connectivity index (χ1n) is 6.92. The van der Waals surface area contributed by atoms with Crippen LogP contribution in [-0.2, 0) is 10.5 Å². The fourth-order valence-electron chi connectivity index (χ4n) is 2.66. The molecule has 0 aliphatic carbocycles. The van der Waals surface area contributed by atoms with Crippen molar-refractivity contribution in [1.82, 2.24) is 0 Å². The van der Waals surface area contributed by atoms with Crippen molar-refractivity contribution in [3.63, 3.8) is 0 Å². The van der Waals surface area contributed by atoms with Crippen LogP contribution in [0.2, 0.25) is 0 Å². The van der Waals surface area contributed by atoms with E-state index in [9.17, 15) is 0 Å². The van der Waals surface area contributed by atoms with E-state index in [1.165, 1.54) is 35.3 Å². The Morgan fingerprint density at radius 2 is 1.79 bits per heavy atom. The summed E-state index contributed by atoms with van der Waals surface area (Å²) in [5, 5.41) is 1.10. The number of halogens is 1. The van der Waals surface area contributed by atoms with Crippen LogP contribution in [0, 0.1) is 19.3 Å². The number of thioether (sulfide) groups is 1. The maximum atomic E-state index is 5.49. The van der Waals surface area contributed by atoms with Crippen molar-refractivity contribution in [3.8, 4) is 0 Å². The molecule has 1 aromatic rings.